The summed E-state index contributed by atoms with van der Waals surface area (Å²) < 4.78 is 0. The van der Waals surface area contributed by atoms with Gasteiger partial charge in [-0.2, -0.15) is 5.26 Å². The molecule has 0 aliphatic carbocycles. The Hall–Kier alpha value is -1.49. The summed E-state index contributed by atoms with van der Waals surface area (Å²) in [5.41, 5.74) is 3.74. The van der Waals surface area contributed by atoms with Gasteiger partial charge in [-0.3, -0.25) is 0 Å². The van der Waals surface area contributed by atoms with Crippen molar-refractivity contribution < 1.29 is 0 Å². The minimum atomic E-state index is 0.573. The molecule has 0 unspecified atom stereocenters. The summed E-state index contributed by atoms with van der Waals surface area (Å²) >= 11 is 0. The first-order valence-electron chi connectivity index (χ1n) is 4.80. The van der Waals surface area contributed by atoms with Crippen LogP contribution in [-0.4, -0.2) is 13.6 Å². The van der Waals surface area contributed by atoms with Gasteiger partial charge in [0.25, 0.3) is 0 Å². The van der Waals surface area contributed by atoms with Crippen LogP contribution in [0.15, 0.2) is 18.2 Å². The average molecular weight is 188 g/mol. The fraction of sp³-hybridized carbons (Fsp3) is 0.417. The molecule has 0 N–H and O–H groups in total. The van der Waals surface area contributed by atoms with Gasteiger partial charge in [0.05, 0.1) is 12.5 Å². The maximum atomic E-state index is 8.51. The van der Waals surface area contributed by atoms with Crippen LogP contribution in [0, 0.1) is 25.2 Å². The Morgan fingerprint density at radius 2 is 2.07 bits per heavy atom. The van der Waals surface area contributed by atoms with Gasteiger partial charge in [0, 0.05) is 19.3 Å². The van der Waals surface area contributed by atoms with Gasteiger partial charge in [-0.05, 0) is 31.0 Å². The Kier molecular flexibility index (Phi) is 3.53. The molecule has 2 nitrogen and oxygen atoms in total. The highest BCUT2D eigenvalue weighted by atomic mass is 15.1. The van der Waals surface area contributed by atoms with Gasteiger partial charge < -0.3 is 4.90 Å². The summed E-state index contributed by atoms with van der Waals surface area (Å²) in [6.45, 7) is 4.97. The summed E-state index contributed by atoms with van der Waals surface area (Å²) in [5.74, 6) is 0. The van der Waals surface area contributed by atoms with E-state index in [0.29, 0.717) is 6.42 Å². The third-order valence-electron chi connectivity index (χ3n) is 2.33. The number of hydrogen-bond donors (Lipinski definition) is 0. The van der Waals surface area contributed by atoms with Crippen molar-refractivity contribution in [2.75, 3.05) is 18.5 Å². The molecule has 0 atom stereocenters. The second kappa shape index (κ2) is 4.66. The zero-order valence-corrected chi connectivity index (χ0v) is 9.04. The highest BCUT2D eigenvalue weighted by molar-refractivity contribution is 5.54. The lowest BCUT2D eigenvalue weighted by atomic mass is 10.1. The smallest absolute Gasteiger partial charge is 0.0640 e. The van der Waals surface area contributed by atoms with E-state index in [9.17, 15) is 0 Å². The van der Waals surface area contributed by atoms with Gasteiger partial charge in [-0.25, -0.2) is 0 Å². The minimum absolute atomic E-state index is 0.573. The first-order chi connectivity index (χ1) is 6.65. The van der Waals surface area contributed by atoms with Crippen LogP contribution in [-0.2, 0) is 0 Å². The van der Waals surface area contributed by atoms with E-state index in [2.05, 4.69) is 43.0 Å². The molecule has 0 amide bonds. The summed E-state index contributed by atoms with van der Waals surface area (Å²) in [6.07, 6.45) is 0.573. The zero-order chi connectivity index (χ0) is 10.6. The van der Waals surface area contributed by atoms with Crippen molar-refractivity contribution in [3.63, 3.8) is 0 Å². The van der Waals surface area contributed by atoms with Crippen molar-refractivity contribution in [1.29, 1.82) is 5.26 Å². The van der Waals surface area contributed by atoms with Crippen molar-refractivity contribution in [3.8, 4) is 6.07 Å². The molecule has 0 aliphatic heterocycles. The number of nitrogens with zero attached hydrogens (tertiary/aromatic N) is 2. The molecule has 0 radical (unpaired) electrons. The zero-order valence-electron chi connectivity index (χ0n) is 9.04. The van der Waals surface area contributed by atoms with Crippen molar-refractivity contribution in [2.24, 2.45) is 0 Å². The molecule has 0 saturated carbocycles. The molecule has 1 aromatic carbocycles. The predicted molar refractivity (Wildman–Crippen MR) is 59.4 cm³/mol. The second-order valence-electron chi connectivity index (χ2n) is 3.62. The van der Waals surface area contributed by atoms with E-state index >= 15 is 0 Å². The Morgan fingerprint density at radius 1 is 1.36 bits per heavy atom. The van der Waals surface area contributed by atoms with Crippen LogP contribution in [0.3, 0.4) is 0 Å². The SMILES string of the molecule is Cc1ccc(C)c(N(C)CCC#N)c1. The lowest BCUT2D eigenvalue weighted by Crippen LogP contribution is -2.19. The van der Waals surface area contributed by atoms with E-state index in [-0.39, 0.29) is 0 Å². The van der Waals surface area contributed by atoms with Crippen molar-refractivity contribution in [2.45, 2.75) is 20.3 Å². The largest absolute Gasteiger partial charge is 0.373 e. The number of rotatable bonds is 3. The first-order valence-corrected chi connectivity index (χ1v) is 4.80. The number of benzene rings is 1. The normalized spacial score (nSPS) is 9.57. The number of anilines is 1. The standard InChI is InChI=1S/C12H16N2/c1-10-5-6-11(2)12(9-10)14(3)8-4-7-13/h5-6,9H,4,8H2,1-3H3. The average Bonchev–Trinajstić information content (AvgIpc) is 2.18. The Morgan fingerprint density at radius 3 is 2.71 bits per heavy atom. The maximum Gasteiger partial charge on any atom is 0.0640 e. The van der Waals surface area contributed by atoms with Crippen LogP contribution in [0.25, 0.3) is 0 Å². The number of aryl methyl sites for hydroxylation is 2. The van der Waals surface area contributed by atoms with Crippen molar-refractivity contribution in [3.05, 3.63) is 29.3 Å². The van der Waals surface area contributed by atoms with E-state index in [0.717, 1.165) is 6.54 Å². The molecule has 0 aliphatic rings. The Bertz CT molecular complexity index is 350. The van der Waals surface area contributed by atoms with Gasteiger partial charge in [-0.1, -0.05) is 12.1 Å². The fourth-order valence-electron chi connectivity index (χ4n) is 1.47. The van der Waals surface area contributed by atoms with Gasteiger partial charge in [0.15, 0.2) is 0 Å². The fourth-order valence-corrected chi connectivity index (χ4v) is 1.47. The molecular weight excluding hydrogens is 172 g/mol. The Labute approximate surface area is 85.8 Å². The van der Waals surface area contributed by atoms with E-state index in [1.165, 1.54) is 16.8 Å². The molecule has 1 rings (SSSR count). The maximum absolute atomic E-state index is 8.51. The van der Waals surface area contributed by atoms with Crippen LogP contribution in [0.2, 0.25) is 0 Å². The number of nitriles is 1. The lowest BCUT2D eigenvalue weighted by Gasteiger charge is -2.20. The van der Waals surface area contributed by atoms with Crippen molar-refractivity contribution in [1.82, 2.24) is 0 Å². The summed E-state index contributed by atoms with van der Waals surface area (Å²) in [4.78, 5) is 2.13. The lowest BCUT2D eigenvalue weighted by molar-refractivity contribution is 0.900. The molecular formula is C12H16N2. The molecule has 74 valence electrons. The quantitative estimate of drug-likeness (QED) is 0.729. The highest BCUT2D eigenvalue weighted by Crippen LogP contribution is 2.20. The molecule has 0 saturated heterocycles. The van der Waals surface area contributed by atoms with Gasteiger partial charge >= 0.3 is 0 Å². The monoisotopic (exact) mass is 188 g/mol. The van der Waals surface area contributed by atoms with E-state index in [1.54, 1.807) is 0 Å². The van der Waals surface area contributed by atoms with E-state index in [1.807, 2.05) is 7.05 Å². The van der Waals surface area contributed by atoms with E-state index in [4.69, 9.17) is 5.26 Å². The second-order valence-corrected chi connectivity index (χ2v) is 3.62. The summed E-state index contributed by atoms with van der Waals surface area (Å²) in [7, 11) is 2.03. The van der Waals surface area contributed by atoms with Crippen molar-refractivity contribution >= 4 is 5.69 Å². The minimum Gasteiger partial charge on any atom is -0.373 e. The topological polar surface area (TPSA) is 27.0 Å². The third-order valence-corrected chi connectivity index (χ3v) is 2.33. The molecule has 0 bridgehead atoms. The highest BCUT2D eigenvalue weighted by Gasteiger charge is 2.03. The van der Waals surface area contributed by atoms with Crippen LogP contribution >= 0.6 is 0 Å². The van der Waals surface area contributed by atoms with Gasteiger partial charge in [0.1, 0.15) is 0 Å². The third kappa shape index (κ3) is 2.50. The van der Waals surface area contributed by atoms with Crippen LogP contribution < -0.4 is 4.90 Å². The molecule has 0 fully saturated rings. The Balaban J connectivity index is 2.83. The first kappa shape index (κ1) is 10.6. The molecule has 1 aromatic rings. The van der Waals surface area contributed by atoms with Crippen LogP contribution in [0.1, 0.15) is 17.5 Å². The predicted octanol–water partition coefficient (Wildman–Crippen LogP) is 2.65. The van der Waals surface area contributed by atoms with Gasteiger partial charge in [0.2, 0.25) is 0 Å². The van der Waals surface area contributed by atoms with Crippen LogP contribution in [0.5, 0.6) is 0 Å². The molecule has 0 spiro atoms. The number of hydrogen-bond acceptors (Lipinski definition) is 2. The molecule has 14 heavy (non-hydrogen) atoms. The summed E-state index contributed by atoms with van der Waals surface area (Å²) in [6, 6.07) is 8.55. The summed E-state index contributed by atoms with van der Waals surface area (Å²) in [5, 5.41) is 8.51. The van der Waals surface area contributed by atoms with Crippen LogP contribution in [0.4, 0.5) is 5.69 Å². The molecule has 0 aromatic heterocycles. The molecule has 2 heteroatoms. The van der Waals surface area contributed by atoms with E-state index < -0.39 is 0 Å². The van der Waals surface area contributed by atoms with Gasteiger partial charge in [-0.15, -0.1) is 0 Å². The molecule has 0 heterocycles.